The van der Waals surface area contributed by atoms with Gasteiger partial charge in [0.15, 0.2) is 0 Å². The lowest BCUT2D eigenvalue weighted by atomic mass is 9.94. The number of hydrogen-bond acceptors (Lipinski definition) is 2. The van der Waals surface area contributed by atoms with Gasteiger partial charge in [0.05, 0.1) is 14.2 Å². The molecule has 0 bridgehead atoms. The molecule has 5 aromatic rings. The summed E-state index contributed by atoms with van der Waals surface area (Å²) in [5, 5.41) is 4.66. The van der Waals surface area contributed by atoms with E-state index in [-0.39, 0.29) is 0 Å². The molecule has 0 aliphatic heterocycles. The molecule has 5 rings (SSSR count). The van der Waals surface area contributed by atoms with Crippen molar-refractivity contribution in [2.24, 2.45) is 0 Å². The molecule has 0 radical (unpaired) electrons. The van der Waals surface area contributed by atoms with Crippen molar-refractivity contribution in [2.75, 3.05) is 14.2 Å². The molecule has 0 aliphatic carbocycles. The molecule has 0 N–H and O–H groups in total. The van der Waals surface area contributed by atoms with E-state index in [9.17, 15) is 0 Å². The van der Waals surface area contributed by atoms with Crippen LogP contribution in [0.1, 0.15) is 75.0 Å². The average molecular weight is 555 g/mol. The van der Waals surface area contributed by atoms with Crippen LogP contribution in [0.25, 0.3) is 32.7 Å². The predicted molar refractivity (Wildman–Crippen MR) is 179 cm³/mol. The molecule has 0 fully saturated rings. The maximum Gasteiger partial charge on any atom is 0.127 e. The smallest absolute Gasteiger partial charge is 0.127 e. The number of fused-ring (bicyclic) bond motifs is 2. The summed E-state index contributed by atoms with van der Waals surface area (Å²) in [6.07, 6.45) is 11.9. The van der Waals surface area contributed by atoms with E-state index in [4.69, 9.17) is 9.47 Å². The monoisotopic (exact) mass is 554 g/mol. The van der Waals surface area contributed by atoms with Crippen molar-refractivity contribution >= 4 is 21.5 Å². The third-order valence-electron chi connectivity index (χ3n) is 8.12. The van der Waals surface area contributed by atoms with E-state index < -0.39 is 0 Å². The summed E-state index contributed by atoms with van der Waals surface area (Å²) in [4.78, 5) is 0. The van der Waals surface area contributed by atoms with E-state index in [1.807, 2.05) is 30.3 Å². The maximum atomic E-state index is 5.93. The van der Waals surface area contributed by atoms with Crippen molar-refractivity contribution < 1.29 is 9.47 Å². The molecule has 0 spiro atoms. The fourth-order valence-corrected chi connectivity index (χ4v) is 5.72. The maximum absolute atomic E-state index is 5.93. The minimum Gasteiger partial charge on any atom is -0.496 e. The predicted octanol–water partition coefficient (Wildman–Crippen LogP) is 10.8. The molecule has 0 atom stereocenters. The van der Waals surface area contributed by atoms with Crippen molar-refractivity contribution in [3.63, 3.8) is 0 Å². The fraction of sp³-hybridized carbons (Fsp3) is 0.300. The van der Waals surface area contributed by atoms with Crippen molar-refractivity contribution in [3.8, 4) is 34.5 Å². The van der Waals surface area contributed by atoms with Crippen molar-refractivity contribution in [2.45, 2.75) is 64.7 Å². The highest BCUT2D eigenvalue weighted by molar-refractivity contribution is 5.96. The zero-order valence-electron chi connectivity index (χ0n) is 25.3. The quantitative estimate of drug-likeness (QED) is 0.113. The van der Waals surface area contributed by atoms with Crippen LogP contribution in [0.15, 0.2) is 91.0 Å². The van der Waals surface area contributed by atoms with E-state index >= 15 is 0 Å². The first-order chi connectivity index (χ1) is 20.7. The number of unbranched alkanes of at least 4 members (excludes halogenated alkanes) is 7. The molecule has 0 amide bonds. The van der Waals surface area contributed by atoms with Crippen molar-refractivity contribution in [1.82, 2.24) is 0 Å². The van der Waals surface area contributed by atoms with E-state index in [2.05, 4.69) is 79.4 Å². The zero-order chi connectivity index (χ0) is 29.1. The van der Waals surface area contributed by atoms with Crippen LogP contribution in [0.4, 0.5) is 0 Å². The molecule has 0 saturated carbocycles. The summed E-state index contributed by atoms with van der Waals surface area (Å²) in [5.74, 6) is 8.23. The fourth-order valence-electron chi connectivity index (χ4n) is 5.72. The Morgan fingerprint density at radius 1 is 0.500 bits per heavy atom. The molecule has 0 aliphatic rings. The summed E-state index contributed by atoms with van der Waals surface area (Å²) in [6, 6.07) is 32.0. The van der Waals surface area contributed by atoms with Gasteiger partial charge >= 0.3 is 0 Å². The highest BCUT2D eigenvalue weighted by Crippen LogP contribution is 2.41. The van der Waals surface area contributed by atoms with Crippen molar-refractivity contribution in [1.29, 1.82) is 0 Å². The Hall–Kier alpha value is -4.22. The zero-order valence-corrected chi connectivity index (χ0v) is 25.3. The minimum atomic E-state index is 0.819. The molecule has 0 unspecified atom stereocenters. The van der Waals surface area contributed by atoms with Crippen LogP contribution in [-0.4, -0.2) is 14.2 Å². The Morgan fingerprint density at radius 2 is 1.07 bits per heavy atom. The summed E-state index contributed by atoms with van der Waals surface area (Å²) in [7, 11) is 3.48. The van der Waals surface area contributed by atoms with Gasteiger partial charge in [0.2, 0.25) is 0 Å². The molecule has 0 heterocycles. The summed E-state index contributed by atoms with van der Waals surface area (Å²) >= 11 is 0. The molecule has 214 valence electrons. The number of methoxy groups -OCH3 is 2. The van der Waals surface area contributed by atoms with Gasteiger partial charge in [-0.15, -0.1) is 0 Å². The van der Waals surface area contributed by atoms with Gasteiger partial charge in [-0.05, 0) is 88.5 Å². The van der Waals surface area contributed by atoms with Gasteiger partial charge in [-0.3, -0.25) is 0 Å². The summed E-state index contributed by atoms with van der Waals surface area (Å²) in [5.41, 5.74) is 5.45. The van der Waals surface area contributed by atoms with Crippen LogP contribution in [0.3, 0.4) is 0 Å². The van der Waals surface area contributed by atoms with Gasteiger partial charge in [-0.2, -0.15) is 0 Å². The van der Waals surface area contributed by atoms with E-state index in [1.54, 1.807) is 14.2 Å². The third kappa shape index (κ3) is 7.34. The van der Waals surface area contributed by atoms with E-state index in [0.717, 1.165) is 50.9 Å². The number of aryl methyl sites for hydroxylation is 1. The topological polar surface area (TPSA) is 18.5 Å². The van der Waals surface area contributed by atoms with Crippen LogP contribution >= 0.6 is 0 Å². The first kappa shape index (κ1) is 29.3. The Morgan fingerprint density at radius 3 is 1.71 bits per heavy atom. The summed E-state index contributed by atoms with van der Waals surface area (Å²) < 4.78 is 11.8. The van der Waals surface area contributed by atoms with Gasteiger partial charge in [0, 0.05) is 22.3 Å². The first-order valence-electron chi connectivity index (χ1n) is 15.5. The SMILES string of the molecule is CCCCCCCCCCc1ccc2cc(-c3cc4ccc(C#Cc5ccccc5)cc4cc3OC)c(OC)cc2c1. The molecule has 0 aromatic heterocycles. The Labute approximate surface area is 251 Å². The Kier molecular flexibility index (Phi) is 10.2. The van der Waals surface area contributed by atoms with E-state index in [0.29, 0.717) is 0 Å². The van der Waals surface area contributed by atoms with Crippen LogP contribution in [0.5, 0.6) is 11.5 Å². The molecule has 42 heavy (non-hydrogen) atoms. The lowest BCUT2D eigenvalue weighted by Crippen LogP contribution is -1.94. The second kappa shape index (κ2) is 14.6. The molecule has 2 heteroatoms. The first-order valence-corrected chi connectivity index (χ1v) is 15.5. The number of rotatable bonds is 12. The number of benzene rings is 5. The number of hydrogen-bond donors (Lipinski definition) is 0. The molecule has 5 aromatic carbocycles. The molecule has 0 saturated heterocycles. The normalized spacial score (nSPS) is 10.9. The Bertz CT molecular complexity index is 1690. The highest BCUT2D eigenvalue weighted by atomic mass is 16.5. The lowest BCUT2D eigenvalue weighted by Gasteiger charge is -2.16. The lowest BCUT2D eigenvalue weighted by molar-refractivity contribution is 0.411. The highest BCUT2D eigenvalue weighted by Gasteiger charge is 2.15. The van der Waals surface area contributed by atoms with Crippen molar-refractivity contribution in [3.05, 3.63) is 108 Å². The number of ether oxygens (including phenoxy) is 2. The average Bonchev–Trinajstić information content (AvgIpc) is 3.04. The summed E-state index contributed by atoms with van der Waals surface area (Å²) in [6.45, 7) is 2.28. The standard InChI is InChI=1S/C40H42O2/c1-4-5-6-7-8-9-10-12-17-31-20-22-33-26-37(39(41-2)28-35(33)24-31)38-27-34-23-21-32(25-36(34)29-40(38)42-3)19-18-30-15-13-11-14-16-30/h11,13-16,20-29H,4-10,12,17H2,1-3H3. The molecule has 2 nitrogen and oxygen atoms in total. The van der Waals surface area contributed by atoms with Crippen LogP contribution in [0, 0.1) is 11.8 Å². The van der Waals surface area contributed by atoms with Gasteiger partial charge in [0.1, 0.15) is 11.5 Å². The molecular formula is C40H42O2. The van der Waals surface area contributed by atoms with Crippen LogP contribution < -0.4 is 9.47 Å². The van der Waals surface area contributed by atoms with Gasteiger partial charge in [-0.1, -0.05) is 106 Å². The third-order valence-corrected chi connectivity index (χ3v) is 8.12. The van der Waals surface area contributed by atoms with Gasteiger partial charge in [-0.25, -0.2) is 0 Å². The van der Waals surface area contributed by atoms with Crippen LogP contribution in [0.2, 0.25) is 0 Å². The second-order valence-corrected chi connectivity index (χ2v) is 11.2. The second-order valence-electron chi connectivity index (χ2n) is 11.2. The van der Waals surface area contributed by atoms with Gasteiger partial charge < -0.3 is 9.47 Å². The van der Waals surface area contributed by atoms with Crippen LogP contribution in [-0.2, 0) is 6.42 Å². The largest absolute Gasteiger partial charge is 0.496 e. The van der Waals surface area contributed by atoms with Gasteiger partial charge in [0.25, 0.3) is 0 Å². The molecular weight excluding hydrogens is 512 g/mol. The minimum absolute atomic E-state index is 0.819. The Balaban J connectivity index is 1.36. The van der Waals surface area contributed by atoms with E-state index in [1.165, 1.54) is 67.7 Å².